The molecule has 1 aromatic carbocycles. The average molecular weight is 381 g/mol. The highest BCUT2D eigenvalue weighted by Gasteiger charge is 2.38. The molecule has 3 aromatic rings. The molecule has 2 aromatic heterocycles. The molecule has 1 aliphatic rings. The number of hydrogen-bond acceptors (Lipinski definition) is 5. The molecule has 1 aliphatic heterocycles. The molecule has 1 fully saturated rings. The van der Waals surface area contributed by atoms with Gasteiger partial charge in [0.15, 0.2) is 17.2 Å². The summed E-state index contributed by atoms with van der Waals surface area (Å²) in [5.74, 6) is -1.69. The van der Waals surface area contributed by atoms with E-state index in [1.807, 2.05) is 4.90 Å². The van der Waals surface area contributed by atoms with E-state index in [-0.39, 0.29) is 17.3 Å². The van der Waals surface area contributed by atoms with E-state index in [4.69, 9.17) is 0 Å². The Bertz CT molecular complexity index is 979. The predicted octanol–water partition coefficient (Wildman–Crippen LogP) is 3.37. The van der Waals surface area contributed by atoms with Gasteiger partial charge < -0.3 is 10.0 Å². The summed E-state index contributed by atoms with van der Waals surface area (Å²) in [5, 5.41) is 20.0. The summed E-state index contributed by atoms with van der Waals surface area (Å²) in [4.78, 5) is 1.88. The lowest BCUT2D eigenvalue weighted by Gasteiger charge is -2.33. The molecule has 0 bridgehead atoms. The van der Waals surface area contributed by atoms with E-state index < -0.39 is 17.8 Å². The summed E-state index contributed by atoms with van der Waals surface area (Å²) in [5.41, 5.74) is 0.826. The van der Waals surface area contributed by atoms with Gasteiger partial charge in [-0.15, -0.1) is 15.3 Å². The Balaban J connectivity index is 1.53. The Morgan fingerprint density at radius 3 is 2.44 bits per heavy atom. The molecule has 0 spiro atoms. The normalized spacial score (nSPS) is 16.2. The van der Waals surface area contributed by atoms with Crippen LogP contribution in [0.2, 0.25) is 0 Å². The second-order valence-electron chi connectivity index (χ2n) is 6.46. The Morgan fingerprint density at radius 2 is 1.78 bits per heavy atom. The van der Waals surface area contributed by atoms with Gasteiger partial charge in [0.1, 0.15) is 5.82 Å². The number of phenols is 1. The van der Waals surface area contributed by atoms with Gasteiger partial charge in [-0.25, -0.2) is 4.39 Å². The lowest BCUT2D eigenvalue weighted by Crippen LogP contribution is -2.34. The summed E-state index contributed by atoms with van der Waals surface area (Å²) in [6.45, 7) is 1.13. The van der Waals surface area contributed by atoms with Gasteiger partial charge in [-0.1, -0.05) is 6.07 Å². The SMILES string of the molecule is Oc1ccc(C2CCN(c3ccc4nnc(C(F)(F)F)n4n3)CC2)cc1F. The van der Waals surface area contributed by atoms with Crippen LogP contribution in [0.3, 0.4) is 0 Å². The van der Waals surface area contributed by atoms with Gasteiger partial charge in [-0.3, -0.25) is 0 Å². The molecule has 1 N–H and O–H groups in total. The van der Waals surface area contributed by atoms with Crippen LogP contribution in [-0.2, 0) is 6.18 Å². The molecule has 0 amide bonds. The lowest BCUT2D eigenvalue weighted by atomic mass is 9.89. The number of hydrogen-bond donors (Lipinski definition) is 1. The molecule has 0 aliphatic carbocycles. The second-order valence-corrected chi connectivity index (χ2v) is 6.46. The fourth-order valence-electron chi connectivity index (χ4n) is 3.34. The zero-order chi connectivity index (χ0) is 19.2. The minimum Gasteiger partial charge on any atom is -0.505 e. The van der Waals surface area contributed by atoms with E-state index in [9.17, 15) is 22.7 Å². The van der Waals surface area contributed by atoms with Crippen molar-refractivity contribution in [1.82, 2.24) is 19.8 Å². The molecule has 142 valence electrons. The highest BCUT2D eigenvalue weighted by atomic mass is 19.4. The fourth-order valence-corrected chi connectivity index (χ4v) is 3.34. The second kappa shape index (κ2) is 6.36. The van der Waals surface area contributed by atoms with Crippen LogP contribution in [-0.4, -0.2) is 38.0 Å². The lowest BCUT2D eigenvalue weighted by molar-refractivity contribution is -0.146. The number of phenolic OH excluding ortho intramolecular Hbond substituents is 1. The number of nitrogens with zero attached hydrogens (tertiary/aromatic N) is 5. The average Bonchev–Trinajstić information content (AvgIpc) is 3.08. The molecule has 0 radical (unpaired) electrons. The van der Waals surface area contributed by atoms with Crippen molar-refractivity contribution in [3.05, 3.63) is 47.5 Å². The number of benzene rings is 1. The zero-order valence-corrected chi connectivity index (χ0v) is 14.0. The van der Waals surface area contributed by atoms with E-state index >= 15 is 0 Å². The number of piperidine rings is 1. The molecule has 1 saturated heterocycles. The number of aromatic nitrogens is 4. The van der Waals surface area contributed by atoms with Crippen molar-refractivity contribution < 1.29 is 22.7 Å². The molecular weight excluding hydrogens is 366 g/mol. The van der Waals surface area contributed by atoms with Crippen LogP contribution >= 0.6 is 0 Å². The first-order valence-electron chi connectivity index (χ1n) is 8.36. The Kier molecular flexibility index (Phi) is 4.12. The van der Waals surface area contributed by atoms with Gasteiger partial charge in [-0.05, 0) is 48.6 Å². The van der Waals surface area contributed by atoms with Gasteiger partial charge in [0.25, 0.3) is 5.82 Å². The van der Waals surface area contributed by atoms with Gasteiger partial charge in [-0.2, -0.15) is 17.7 Å². The summed E-state index contributed by atoms with van der Waals surface area (Å²) >= 11 is 0. The highest BCUT2D eigenvalue weighted by Crippen LogP contribution is 2.32. The quantitative estimate of drug-likeness (QED) is 0.690. The maximum absolute atomic E-state index is 13.6. The van der Waals surface area contributed by atoms with Gasteiger partial charge in [0.2, 0.25) is 0 Å². The van der Waals surface area contributed by atoms with Crippen LogP contribution in [0.4, 0.5) is 23.4 Å². The summed E-state index contributed by atoms with van der Waals surface area (Å²) < 4.78 is 53.3. The number of aromatic hydroxyl groups is 1. The Labute approximate surface area is 151 Å². The van der Waals surface area contributed by atoms with Crippen molar-refractivity contribution in [3.63, 3.8) is 0 Å². The summed E-state index contributed by atoms with van der Waals surface area (Å²) in [6, 6.07) is 7.41. The van der Waals surface area contributed by atoms with Crippen LogP contribution in [0.5, 0.6) is 5.75 Å². The first-order chi connectivity index (χ1) is 12.8. The molecular formula is C17H15F4N5O. The summed E-state index contributed by atoms with van der Waals surface area (Å²) in [7, 11) is 0. The van der Waals surface area contributed by atoms with E-state index in [0.717, 1.165) is 5.56 Å². The van der Waals surface area contributed by atoms with E-state index in [2.05, 4.69) is 15.3 Å². The molecule has 10 heteroatoms. The fraction of sp³-hybridized carbons (Fsp3) is 0.353. The number of anilines is 1. The number of alkyl halides is 3. The van der Waals surface area contributed by atoms with Crippen LogP contribution < -0.4 is 4.90 Å². The van der Waals surface area contributed by atoms with Gasteiger partial charge in [0, 0.05) is 13.1 Å². The molecule has 0 unspecified atom stereocenters. The minimum absolute atomic E-state index is 0.0283. The van der Waals surface area contributed by atoms with Crippen molar-refractivity contribution >= 4 is 11.5 Å². The number of fused-ring (bicyclic) bond motifs is 1. The largest absolute Gasteiger partial charge is 0.505 e. The molecule has 3 heterocycles. The third-order valence-corrected chi connectivity index (χ3v) is 4.76. The van der Waals surface area contributed by atoms with Gasteiger partial charge in [0.05, 0.1) is 0 Å². The maximum Gasteiger partial charge on any atom is 0.453 e. The van der Waals surface area contributed by atoms with E-state index in [1.54, 1.807) is 12.1 Å². The van der Waals surface area contributed by atoms with Crippen LogP contribution in [0.1, 0.15) is 30.1 Å². The monoisotopic (exact) mass is 381 g/mol. The standard InChI is InChI=1S/C17H15F4N5O/c18-12-9-11(1-2-13(12)27)10-5-7-25(8-6-10)15-4-3-14-22-23-16(17(19,20)21)26(14)24-15/h1-4,9-10,27H,5-8H2. The third kappa shape index (κ3) is 3.26. The van der Waals surface area contributed by atoms with Crippen molar-refractivity contribution in [2.45, 2.75) is 24.9 Å². The summed E-state index contributed by atoms with van der Waals surface area (Å²) in [6.07, 6.45) is -3.25. The third-order valence-electron chi connectivity index (χ3n) is 4.76. The first-order valence-corrected chi connectivity index (χ1v) is 8.36. The van der Waals surface area contributed by atoms with Crippen molar-refractivity contribution in [1.29, 1.82) is 0 Å². The molecule has 0 saturated carbocycles. The molecule has 0 atom stereocenters. The maximum atomic E-state index is 13.6. The predicted molar refractivity (Wildman–Crippen MR) is 88.0 cm³/mol. The van der Waals surface area contributed by atoms with Gasteiger partial charge >= 0.3 is 6.18 Å². The highest BCUT2D eigenvalue weighted by molar-refractivity contribution is 5.46. The number of rotatable bonds is 2. The first kappa shape index (κ1) is 17.5. The molecule has 27 heavy (non-hydrogen) atoms. The van der Waals surface area contributed by atoms with E-state index in [0.29, 0.717) is 36.3 Å². The van der Waals surface area contributed by atoms with Crippen LogP contribution in [0, 0.1) is 5.82 Å². The Morgan fingerprint density at radius 1 is 1.04 bits per heavy atom. The van der Waals surface area contributed by atoms with Crippen molar-refractivity contribution in [2.75, 3.05) is 18.0 Å². The van der Waals surface area contributed by atoms with E-state index in [1.165, 1.54) is 18.2 Å². The number of halogens is 4. The van der Waals surface area contributed by atoms with Crippen molar-refractivity contribution in [3.8, 4) is 5.75 Å². The molecule has 6 nitrogen and oxygen atoms in total. The minimum atomic E-state index is -4.64. The smallest absolute Gasteiger partial charge is 0.453 e. The topological polar surface area (TPSA) is 66.5 Å². The van der Waals surface area contributed by atoms with Crippen LogP contribution in [0.15, 0.2) is 30.3 Å². The van der Waals surface area contributed by atoms with Crippen molar-refractivity contribution in [2.24, 2.45) is 0 Å². The zero-order valence-electron chi connectivity index (χ0n) is 14.0. The van der Waals surface area contributed by atoms with Crippen LogP contribution in [0.25, 0.3) is 5.65 Å². The Hall–Kier alpha value is -2.91. The molecule has 4 rings (SSSR count).